The van der Waals surface area contributed by atoms with Crippen molar-refractivity contribution in [3.63, 3.8) is 0 Å². The first kappa shape index (κ1) is 14.5. The highest BCUT2D eigenvalue weighted by molar-refractivity contribution is 5.35. The molecule has 106 valence electrons. The quantitative estimate of drug-likeness (QED) is 0.747. The predicted octanol–water partition coefficient (Wildman–Crippen LogP) is 4.76. The third kappa shape index (κ3) is 3.56. The zero-order valence-electron chi connectivity index (χ0n) is 12.2. The second-order valence-corrected chi connectivity index (χ2v) is 5.69. The van der Waals surface area contributed by atoms with Crippen molar-refractivity contribution in [2.45, 2.75) is 70.9 Å². The summed E-state index contributed by atoms with van der Waals surface area (Å²) in [6, 6.07) is 6.46. The Hall–Kier alpha value is -0.890. The van der Waals surface area contributed by atoms with Gasteiger partial charge in [0.15, 0.2) is 0 Å². The van der Waals surface area contributed by atoms with E-state index in [0.717, 1.165) is 18.4 Å². The van der Waals surface area contributed by atoms with Crippen LogP contribution in [0.5, 0.6) is 0 Å². The summed E-state index contributed by atoms with van der Waals surface area (Å²) in [7, 11) is 0. The van der Waals surface area contributed by atoms with Crippen molar-refractivity contribution in [1.82, 2.24) is 5.32 Å². The molecule has 0 bridgehead atoms. The molecule has 1 aromatic rings. The Kier molecular flexibility index (Phi) is 5.38. The van der Waals surface area contributed by atoms with Gasteiger partial charge >= 0.3 is 0 Å². The molecule has 2 unspecified atom stereocenters. The van der Waals surface area contributed by atoms with Crippen LogP contribution in [0.2, 0.25) is 0 Å². The third-order valence-corrected chi connectivity index (χ3v) is 4.19. The SMILES string of the molecule is CCCCC(CCC)NC1CCc2c(F)cccc21. The average molecular weight is 263 g/mol. The van der Waals surface area contributed by atoms with E-state index in [4.69, 9.17) is 0 Å². The average Bonchev–Trinajstić information content (AvgIpc) is 2.81. The number of fused-ring (bicyclic) bond motifs is 1. The van der Waals surface area contributed by atoms with E-state index in [1.807, 2.05) is 6.07 Å². The molecule has 0 saturated carbocycles. The maximum Gasteiger partial charge on any atom is 0.126 e. The summed E-state index contributed by atoms with van der Waals surface area (Å²) >= 11 is 0. The molecule has 1 aromatic carbocycles. The van der Waals surface area contributed by atoms with Crippen molar-refractivity contribution in [1.29, 1.82) is 0 Å². The fourth-order valence-electron chi connectivity index (χ4n) is 3.18. The molecule has 0 heterocycles. The van der Waals surface area contributed by atoms with Crippen molar-refractivity contribution >= 4 is 0 Å². The Labute approximate surface area is 116 Å². The van der Waals surface area contributed by atoms with Crippen LogP contribution >= 0.6 is 0 Å². The van der Waals surface area contributed by atoms with Crippen molar-refractivity contribution in [3.05, 3.63) is 35.1 Å². The van der Waals surface area contributed by atoms with Crippen LogP contribution in [0.25, 0.3) is 0 Å². The molecule has 1 aliphatic carbocycles. The number of hydrogen-bond donors (Lipinski definition) is 1. The number of unbranched alkanes of at least 4 members (excludes halogenated alkanes) is 1. The van der Waals surface area contributed by atoms with Gasteiger partial charge in [-0.1, -0.05) is 45.2 Å². The Balaban J connectivity index is 2.02. The van der Waals surface area contributed by atoms with E-state index < -0.39 is 0 Å². The van der Waals surface area contributed by atoms with E-state index in [1.54, 1.807) is 6.07 Å². The van der Waals surface area contributed by atoms with E-state index in [1.165, 1.54) is 37.7 Å². The van der Waals surface area contributed by atoms with Crippen molar-refractivity contribution in [2.24, 2.45) is 0 Å². The zero-order valence-corrected chi connectivity index (χ0v) is 12.2. The first-order valence-electron chi connectivity index (χ1n) is 7.79. The van der Waals surface area contributed by atoms with Crippen LogP contribution in [-0.4, -0.2) is 6.04 Å². The van der Waals surface area contributed by atoms with Crippen LogP contribution < -0.4 is 5.32 Å². The van der Waals surface area contributed by atoms with Crippen molar-refractivity contribution in [2.75, 3.05) is 0 Å². The lowest BCUT2D eigenvalue weighted by atomic mass is 10.0. The summed E-state index contributed by atoms with van der Waals surface area (Å²) in [5, 5.41) is 3.77. The highest BCUT2D eigenvalue weighted by Crippen LogP contribution is 2.33. The largest absolute Gasteiger partial charge is 0.307 e. The van der Waals surface area contributed by atoms with Crippen LogP contribution in [0.15, 0.2) is 18.2 Å². The summed E-state index contributed by atoms with van der Waals surface area (Å²) in [5.41, 5.74) is 2.13. The first-order valence-corrected chi connectivity index (χ1v) is 7.79. The topological polar surface area (TPSA) is 12.0 Å². The Morgan fingerprint density at radius 1 is 1.26 bits per heavy atom. The molecule has 1 N–H and O–H groups in total. The van der Waals surface area contributed by atoms with Gasteiger partial charge in [-0.15, -0.1) is 0 Å². The third-order valence-electron chi connectivity index (χ3n) is 4.19. The molecule has 1 aliphatic rings. The molecule has 0 fully saturated rings. The van der Waals surface area contributed by atoms with E-state index in [0.29, 0.717) is 12.1 Å². The van der Waals surface area contributed by atoms with Gasteiger partial charge in [0.25, 0.3) is 0 Å². The molecule has 0 spiro atoms. The molecular weight excluding hydrogens is 237 g/mol. The predicted molar refractivity (Wildman–Crippen MR) is 78.8 cm³/mol. The number of hydrogen-bond acceptors (Lipinski definition) is 1. The van der Waals surface area contributed by atoms with Gasteiger partial charge in [-0.05, 0) is 42.9 Å². The molecule has 1 nitrogen and oxygen atoms in total. The molecule has 0 aromatic heterocycles. The van der Waals surface area contributed by atoms with E-state index >= 15 is 0 Å². The molecule has 2 rings (SSSR count). The van der Waals surface area contributed by atoms with Crippen LogP contribution in [-0.2, 0) is 6.42 Å². The van der Waals surface area contributed by atoms with Crippen molar-refractivity contribution < 1.29 is 4.39 Å². The molecule has 2 heteroatoms. The van der Waals surface area contributed by atoms with Crippen LogP contribution in [0, 0.1) is 5.82 Å². The second-order valence-electron chi connectivity index (χ2n) is 5.69. The number of nitrogens with one attached hydrogen (secondary N) is 1. The Morgan fingerprint density at radius 2 is 2.11 bits per heavy atom. The Bertz CT molecular complexity index is 402. The molecule has 0 radical (unpaired) electrons. The van der Waals surface area contributed by atoms with Crippen LogP contribution in [0.1, 0.15) is 69.5 Å². The molecule has 0 aliphatic heterocycles. The highest BCUT2D eigenvalue weighted by Gasteiger charge is 2.26. The lowest BCUT2D eigenvalue weighted by molar-refractivity contribution is 0.381. The van der Waals surface area contributed by atoms with Crippen molar-refractivity contribution in [3.8, 4) is 0 Å². The normalized spacial score (nSPS) is 19.4. The molecule has 2 atom stereocenters. The fraction of sp³-hybridized carbons (Fsp3) is 0.647. The van der Waals surface area contributed by atoms with Gasteiger partial charge in [0.1, 0.15) is 5.82 Å². The van der Waals surface area contributed by atoms with Crippen LogP contribution in [0.3, 0.4) is 0 Å². The monoisotopic (exact) mass is 263 g/mol. The van der Waals surface area contributed by atoms with Gasteiger partial charge in [0.05, 0.1) is 0 Å². The van der Waals surface area contributed by atoms with Gasteiger partial charge in [-0.2, -0.15) is 0 Å². The van der Waals surface area contributed by atoms with E-state index in [-0.39, 0.29) is 5.82 Å². The molecule has 0 saturated heterocycles. The summed E-state index contributed by atoms with van der Waals surface area (Å²) < 4.78 is 13.7. The van der Waals surface area contributed by atoms with E-state index in [2.05, 4.69) is 25.2 Å². The molecule has 0 amide bonds. The van der Waals surface area contributed by atoms with Crippen LogP contribution in [0.4, 0.5) is 4.39 Å². The maximum atomic E-state index is 13.7. The van der Waals surface area contributed by atoms with Gasteiger partial charge in [0.2, 0.25) is 0 Å². The fourth-order valence-corrected chi connectivity index (χ4v) is 3.18. The molecule has 19 heavy (non-hydrogen) atoms. The summed E-state index contributed by atoms with van der Waals surface area (Å²) in [6.07, 6.45) is 8.13. The van der Waals surface area contributed by atoms with Gasteiger partial charge in [0, 0.05) is 12.1 Å². The second kappa shape index (κ2) is 7.04. The smallest absolute Gasteiger partial charge is 0.126 e. The number of benzene rings is 1. The number of rotatable bonds is 7. The first-order chi connectivity index (χ1) is 9.26. The summed E-state index contributed by atoms with van der Waals surface area (Å²) in [5.74, 6) is -0.0256. The standard InChI is InChI=1S/C17H26FN/c1-3-5-8-13(7-4-2)19-17-12-11-14-15(17)9-6-10-16(14)18/h6,9-10,13,17,19H,3-5,7-8,11-12H2,1-2H3. The summed E-state index contributed by atoms with van der Waals surface area (Å²) in [4.78, 5) is 0. The van der Waals surface area contributed by atoms with Gasteiger partial charge in [-0.3, -0.25) is 0 Å². The highest BCUT2D eigenvalue weighted by atomic mass is 19.1. The van der Waals surface area contributed by atoms with Gasteiger partial charge in [-0.25, -0.2) is 4.39 Å². The summed E-state index contributed by atoms with van der Waals surface area (Å²) in [6.45, 7) is 4.48. The lowest BCUT2D eigenvalue weighted by Crippen LogP contribution is -2.31. The van der Waals surface area contributed by atoms with Gasteiger partial charge < -0.3 is 5.32 Å². The minimum atomic E-state index is -0.0256. The minimum absolute atomic E-state index is 0.0256. The molecular formula is C17H26FN. The zero-order chi connectivity index (χ0) is 13.7. The Morgan fingerprint density at radius 3 is 2.84 bits per heavy atom. The lowest BCUT2D eigenvalue weighted by Gasteiger charge is -2.23. The van der Waals surface area contributed by atoms with E-state index in [9.17, 15) is 4.39 Å². The maximum absolute atomic E-state index is 13.7. The minimum Gasteiger partial charge on any atom is -0.307 e. The number of halogens is 1.